The van der Waals surface area contributed by atoms with Crippen molar-refractivity contribution in [1.82, 2.24) is 15.0 Å². The number of hydrogen-bond acceptors (Lipinski definition) is 7. The first-order valence-electron chi connectivity index (χ1n) is 6.67. The maximum absolute atomic E-state index is 12.3. The molecule has 0 atom stereocenters. The fraction of sp³-hybridized carbons (Fsp3) is 0.143. The number of ether oxygens (including phenoxy) is 2. The number of pyridine rings is 2. The van der Waals surface area contributed by atoms with E-state index in [9.17, 15) is 13.6 Å². The van der Waals surface area contributed by atoms with Gasteiger partial charge in [-0.25, -0.2) is 28.5 Å². The molecule has 0 aliphatic heterocycles. The number of fused-ring (bicyclic) bond motifs is 1. The van der Waals surface area contributed by atoms with Gasteiger partial charge in [-0.15, -0.1) is 0 Å². The summed E-state index contributed by atoms with van der Waals surface area (Å²) >= 11 is 6.66. The summed E-state index contributed by atoms with van der Waals surface area (Å²) in [5.74, 6) is -1.25. The Hall–Kier alpha value is -2.59. The van der Waals surface area contributed by atoms with Crippen LogP contribution in [0.15, 0.2) is 24.4 Å². The van der Waals surface area contributed by atoms with Crippen molar-refractivity contribution in [3.8, 4) is 17.5 Å². The number of aromatic nitrogens is 3. The molecule has 3 rings (SSSR count). The van der Waals surface area contributed by atoms with E-state index in [4.69, 9.17) is 26.2 Å². The minimum absolute atomic E-state index is 0.0646. The van der Waals surface area contributed by atoms with Crippen LogP contribution in [-0.2, 0) is 0 Å². The Kier molecular flexibility index (Phi) is 4.91. The van der Waals surface area contributed by atoms with E-state index in [1.807, 2.05) is 0 Å². The van der Waals surface area contributed by atoms with Gasteiger partial charge in [0.1, 0.15) is 17.0 Å². The molecule has 0 radical (unpaired) electrons. The van der Waals surface area contributed by atoms with Crippen LogP contribution in [0.5, 0.6) is 17.5 Å². The second-order valence-electron chi connectivity index (χ2n) is 4.56. The number of rotatable bonds is 6. The van der Waals surface area contributed by atoms with Crippen molar-refractivity contribution >= 4 is 39.3 Å². The predicted molar refractivity (Wildman–Crippen MR) is 85.2 cm³/mol. The van der Waals surface area contributed by atoms with E-state index >= 15 is 0 Å². The lowest BCUT2D eigenvalue weighted by Crippen LogP contribution is -2.08. The first kappa shape index (κ1) is 17.2. The van der Waals surface area contributed by atoms with Crippen LogP contribution in [0.3, 0.4) is 0 Å². The van der Waals surface area contributed by atoms with Gasteiger partial charge in [-0.1, -0.05) is 22.9 Å². The molecule has 0 amide bonds. The Labute approximate surface area is 147 Å². The standard InChI is InChI=1S/C14H8ClF2N3O4S/c15-6-3-8(23-5-9(16)17)11(18-4-6)24-10-2-1-7-12(20-10)25-13(19-7)14(21)22/h1-4,9H,5H2,(H,21,22). The SMILES string of the molecule is O=C(O)c1nc2ccc(Oc3ncc(Cl)cc3OCC(F)F)nc2s1. The van der Waals surface area contributed by atoms with E-state index < -0.39 is 19.0 Å². The summed E-state index contributed by atoms with van der Waals surface area (Å²) in [7, 11) is 0. The van der Waals surface area contributed by atoms with Crippen LogP contribution < -0.4 is 9.47 Å². The van der Waals surface area contributed by atoms with Gasteiger partial charge in [-0.05, 0) is 6.07 Å². The second kappa shape index (κ2) is 7.11. The zero-order chi connectivity index (χ0) is 18.0. The number of carbonyl (C=O) groups is 1. The molecule has 0 saturated carbocycles. The number of alkyl halides is 2. The Morgan fingerprint density at radius 2 is 2.16 bits per heavy atom. The number of thiazole rings is 1. The van der Waals surface area contributed by atoms with Crippen molar-refractivity contribution in [1.29, 1.82) is 0 Å². The molecule has 0 aromatic carbocycles. The lowest BCUT2D eigenvalue weighted by Gasteiger charge is -2.10. The van der Waals surface area contributed by atoms with Crippen LogP contribution in [0.4, 0.5) is 8.78 Å². The smallest absolute Gasteiger partial charge is 0.365 e. The monoisotopic (exact) mass is 387 g/mol. The van der Waals surface area contributed by atoms with Crippen LogP contribution >= 0.6 is 22.9 Å². The Morgan fingerprint density at radius 1 is 1.36 bits per heavy atom. The predicted octanol–water partition coefficient (Wildman–Crippen LogP) is 3.87. The highest BCUT2D eigenvalue weighted by Gasteiger charge is 2.15. The molecule has 3 aromatic heterocycles. The zero-order valence-corrected chi connectivity index (χ0v) is 13.7. The lowest BCUT2D eigenvalue weighted by atomic mass is 10.4. The lowest BCUT2D eigenvalue weighted by molar-refractivity contribution is 0.0696. The van der Waals surface area contributed by atoms with E-state index in [-0.39, 0.29) is 27.5 Å². The highest BCUT2D eigenvalue weighted by molar-refractivity contribution is 7.19. The molecule has 11 heteroatoms. The van der Waals surface area contributed by atoms with Crippen molar-refractivity contribution in [3.63, 3.8) is 0 Å². The number of carboxylic acid groups (broad SMARTS) is 1. The summed E-state index contributed by atoms with van der Waals surface area (Å²) in [6.45, 7) is -0.846. The first-order chi connectivity index (χ1) is 11.9. The van der Waals surface area contributed by atoms with Crippen LogP contribution in [0.1, 0.15) is 9.80 Å². The fourth-order valence-electron chi connectivity index (χ4n) is 1.79. The molecular formula is C14H8ClF2N3O4S. The molecule has 130 valence electrons. The largest absolute Gasteiger partial charge is 0.482 e. The van der Waals surface area contributed by atoms with Crippen LogP contribution in [0.25, 0.3) is 10.3 Å². The Balaban J connectivity index is 1.88. The summed E-state index contributed by atoms with van der Waals surface area (Å²) in [6, 6.07) is 4.26. The molecule has 0 spiro atoms. The third-order valence-corrected chi connectivity index (χ3v) is 3.92. The summed E-state index contributed by atoms with van der Waals surface area (Å²) in [5.41, 5.74) is 0.396. The van der Waals surface area contributed by atoms with Crippen molar-refractivity contribution < 1.29 is 28.2 Å². The topological polar surface area (TPSA) is 94.4 Å². The average molecular weight is 388 g/mol. The first-order valence-corrected chi connectivity index (χ1v) is 7.87. The van der Waals surface area contributed by atoms with Gasteiger partial charge in [0.2, 0.25) is 10.9 Å². The van der Waals surface area contributed by atoms with Gasteiger partial charge in [0.25, 0.3) is 12.3 Å². The summed E-state index contributed by atoms with van der Waals surface area (Å²) < 4.78 is 35.1. The molecule has 7 nitrogen and oxygen atoms in total. The molecule has 3 aromatic rings. The molecule has 3 heterocycles. The van der Waals surface area contributed by atoms with Crippen molar-refractivity contribution in [2.24, 2.45) is 0 Å². The molecule has 0 fully saturated rings. The number of hydrogen-bond donors (Lipinski definition) is 1. The van der Waals surface area contributed by atoms with Gasteiger partial charge in [0.05, 0.1) is 5.02 Å². The minimum atomic E-state index is -2.67. The normalized spacial score (nSPS) is 11.0. The molecular weight excluding hydrogens is 380 g/mol. The van der Waals surface area contributed by atoms with E-state index in [0.29, 0.717) is 10.3 Å². The molecule has 0 saturated heterocycles. The fourth-order valence-corrected chi connectivity index (χ4v) is 2.70. The summed E-state index contributed by atoms with van der Waals surface area (Å²) in [6.07, 6.45) is -1.41. The summed E-state index contributed by atoms with van der Waals surface area (Å²) in [5, 5.41) is 9.03. The van der Waals surface area contributed by atoms with Crippen LogP contribution in [0.2, 0.25) is 5.02 Å². The van der Waals surface area contributed by atoms with Crippen LogP contribution in [-0.4, -0.2) is 39.1 Å². The molecule has 25 heavy (non-hydrogen) atoms. The van der Waals surface area contributed by atoms with E-state index in [0.717, 1.165) is 11.3 Å². The van der Waals surface area contributed by atoms with Gasteiger partial charge >= 0.3 is 5.97 Å². The maximum Gasteiger partial charge on any atom is 0.365 e. The average Bonchev–Trinajstić information content (AvgIpc) is 2.98. The third kappa shape index (κ3) is 4.09. The highest BCUT2D eigenvalue weighted by atomic mass is 35.5. The number of carboxylic acids is 1. The summed E-state index contributed by atoms with van der Waals surface area (Å²) in [4.78, 5) is 23.2. The van der Waals surface area contributed by atoms with Gasteiger partial charge in [0.15, 0.2) is 5.75 Å². The van der Waals surface area contributed by atoms with E-state index in [1.165, 1.54) is 24.4 Å². The second-order valence-corrected chi connectivity index (χ2v) is 5.97. The molecule has 1 N–H and O–H groups in total. The zero-order valence-electron chi connectivity index (χ0n) is 12.1. The maximum atomic E-state index is 12.3. The van der Waals surface area contributed by atoms with Crippen LogP contribution in [0, 0.1) is 0 Å². The van der Waals surface area contributed by atoms with Gasteiger partial charge < -0.3 is 14.6 Å². The van der Waals surface area contributed by atoms with Gasteiger partial charge in [-0.2, -0.15) is 0 Å². The molecule has 0 bridgehead atoms. The highest BCUT2D eigenvalue weighted by Crippen LogP contribution is 2.32. The Morgan fingerprint density at radius 3 is 2.88 bits per heavy atom. The Bertz CT molecular complexity index is 938. The van der Waals surface area contributed by atoms with Gasteiger partial charge in [0, 0.05) is 18.3 Å². The van der Waals surface area contributed by atoms with E-state index in [1.54, 1.807) is 0 Å². The van der Waals surface area contributed by atoms with Crippen molar-refractivity contribution in [2.75, 3.05) is 6.61 Å². The number of halogens is 3. The third-order valence-electron chi connectivity index (χ3n) is 2.76. The van der Waals surface area contributed by atoms with E-state index in [2.05, 4.69) is 15.0 Å². The van der Waals surface area contributed by atoms with Gasteiger partial charge in [-0.3, -0.25) is 0 Å². The molecule has 0 aliphatic rings. The van der Waals surface area contributed by atoms with Crippen molar-refractivity contribution in [3.05, 3.63) is 34.4 Å². The number of nitrogens with zero attached hydrogens (tertiary/aromatic N) is 3. The molecule has 0 aliphatic carbocycles. The minimum Gasteiger partial charge on any atom is -0.482 e. The molecule has 0 unspecified atom stereocenters. The quantitative estimate of drug-likeness (QED) is 0.685. The van der Waals surface area contributed by atoms with Crippen molar-refractivity contribution in [2.45, 2.75) is 6.43 Å². The number of aromatic carboxylic acids is 1.